The number of hydrogen-bond donors (Lipinski definition) is 0. The lowest BCUT2D eigenvalue weighted by Crippen LogP contribution is -2.26. The normalized spacial score (nSPS) is 17.8. The third kappa shape index (κ3) is 3.12. The highest BCUT2D eigenvalue weighted by atomic mass is 16.5. The standard InChI is InChI=1S/C14H18N2O5/c1-3-20-13(18)9-6-5-7-16-11(12(9)17)8-10(15-16)14(19)21-4-2/h8-9H,3-7H2,1-2H3/t9-/m1/s1. The van der Waals surface area contributed by atoms with Crippen molar-refractivity contribution in [2.45, 2.75) is 33.2 Å². The fourth-order valence-electron chi connectivity index (χ4n) is 2.31. The molecule has 7 heteroatoms. The summed E-state index contributed by atoms with van der Waals surface area (Å²) in [4.78, 5) is 36.0. The zero-order valence-electron chi connectivity index (χ0n) is 12.1. The average molecular weight is 294 g/mol. The molecule has 1 aromatic rings. The maximum absolute atomic E-state index is 12.4. The summed E-state index contributed by atoms with van der Waals surface area (Å²) in [7, 11) is 0. The highest BCUT2D eigenvalue weighted by molar-refractivity contribution is 6.08. The molecule has 1 aliphatic heterocycles. The van der Waals surface area contributed by atoms with E-state index in [-0.39, 0.29) is 30.4 Å². The van der Waals surface area contributed by atoms with Crippen LogP contribution in [0.5, 0.6) is 0 Å². The molecule has 114 valence electrons. The monoisotopic (exact) mass is 294 g/mol. The fraction of sp³-hybridized carbons (Fsp3) is 0.571. The molecule has 1 atom stereocenters. The lowest BCUT2D eigenvalue weighted by Gasteiger charge is -2.10. The Balaban J connectivity index is 2.27. The number of esters is 2. The minimum atomic E-state index is -0.821. The molecule has 1 aromatic heterocycles. The predicted molar refractivity (Wildman–Crippen MR) is 71.9 cm³/mol. The van der Waals surface area contributed by atoms with Crippen LogP contribution in [0.25, 0.3) is 0 Å². The van der Waals surface area contributed by atoms with Crippen LogP contribution in [-0.4, -0.2) is 40.7 Å². The predicted octanol–water partition coefficient (Wildman–Crippen LogP) is 1.22. The van der Waals surface area contributed by atoms with Gasteiger partial charge in [-0.1, -0.05) is 0 Å². The second-order valence-corrected chi connectivity index (χ2v) is 4.67. The Labute approximate surface area is 122 Å². The van der Waals surface area contributed by atoms with E-state index in [1.165, 1.54) is 10.7 Å². The molecule has 2 rings (SSSR count). The summed E-state index contributed by atoms with van der Waals surface area (Å²) in [6.07, 6.45) is 1.04. The molecule has 0 aliphatic carbocycles. The number of ether oxygens (including phenoxy) is 2. The van der Waals surface area contributed by atoms with Crippen LogP contribution in [0.1, 0.15) is 47.7 Å². The van der Waals surface area contributed by atoms with Crippen LogP contribution in [0.4, 0.5) is 0 Å². The number of nitrogens with zero attached hydrogens (tertiary/aromatic N) is 2. The van der Waals surface area contributed by atoms with Crippen molar-refractivity contribution < 1.29 is 23.9 Å². The van der Waals surface area contributed by atoms with E-state index in [4.69, 9.17) is 9.47 Å². The van der Waals surface area contributed by atoms with Gasteiger partial charge >= 0.3 is 11.9 Å². The molecule has 0 saturated heterocycles. The first kappa shape index (κ1) is 15.2. The number of Topliss-reactive ketones (excluding diaryl/α,β-unsaturated/α-hetero) is 1. The van der Waals surface area contributed by atoms with Crippen LogP contribution in [0, 0.1) is 5.92 Å². The van der Waals surface area contributed by atoms with Crippen molar-refractivity contribution >= 4 is 17.7 Å². The Morgan fingerprint density at radius 2 is 2.05 bits per heavy atom. The molecular weight excluding hydrogens is 276 g/mol. The van der Waals surface area contributed by atoms with Crippen LogP contribution < -0.4 is 0 Å². The van der Waals surface area contributed by atoms with Gasteiger partial charge in [-0.2, -0.15) is 5.10 Å². The summed E-state index contributed by atoms with van der Waals surface area (Å²) in [5.41, 5.74) is 0.346. The second kappa shape index (κ2) is 6.51. The third-order valence-corrected chi connectivity index (χ3v) is 3.27. The van der Waals surface area contributed by atoms with Gasteiger partial charge in [0.2, 0.25) is 0 Å². The number of ketones is 1. The van der Waals surface area contributed by atoms with Crippen LogP contribution in [0.15, 0.2) is 6.07 Å². The molecule has 0 unspecified atom stereocenters. The summed E-state index contributed by atoms with van der Waals surface area (Å²) >= 11 is 0. The SMILES string of the molecule is CCOC(=O)c1cc2n(n1)CCC[C@@H](C(=O)OCC)C2=O. The van der Waals surface area contributed by atoms with Gasteiger partial charge in [0.1, 0.15) is 11.6 Å². The van der Waals surface area contributed by atoms with Crippen molar-refractivity contribution in [1.29, 1.82) is 0 Å². The van der Waals surface area contributed by atoms with E-state index in [2.05, 4.69) is 5.10 Å². The topological polar surface area (TPSA) is 87.5 Å². The first-order valence-corrected chi connectivity index (χ1v) is 7.04. The Bertz CT molecular complexity index is 564. The van der Waals surface area contributed by atoms with Gasteiger partial charge in [0.05, 0.1) is 13.2 Å². The Kier molecular flexibility index (Phi) is 4.72. The molecule has 7 nitrogen and oxygen atoms in total. The molecule has 0 N–H and O–H groups in total. The third-order valence-electron chi connectivity index (χ3n) is 3.27. The fourth-order valence-corrected chi connectivity index (χ4v) is 2.31. The van der Waals surface area contributed by atoms with Gasteiger partial charge < -0.3 is 9.47 Å². The van der Waals surface area contributed by atoms with Crippen molar-refractivity contribution in [3.8, 4) is 0 Å². The quantitative estimate of drug-likeness (QED) is 0.613. The van der Waals surface area contributed by atoms with Gasteiger partial charge in [0, 0.05) is 12.6 Å². The van der Waals surface area contributed by atoms with E-state index in [9.17, 15) is 14.4 Å². The van der Waals surface area contributed by atoms with Crippen LogP contribution >= 0.6 is 0 Å². The maximum Gasteiger partial charge on any atom is 0.358 e. The number of aryl methyl sites for hydroxylation is 1. The summed E-state index contributed by atoms with van der Waals surface area (Å²) in [6, 6.07) is 1.39. The van der Waals surface area contributed by atoms with Crippen molar-refractivity contribution in [1.82, 2.24) is 9.78 Å². The van der Waals surface area contributed by atoms with E-state index >= 15 is 0 Å². The maximum atomic E-state index is 12.4. The van der Waals surface area contributed by atoms with Gasteiger partial charge in [-0.05, 0) is 26.7 Å². The number of carbonyl (C=O) groups is 3. The minimum Gasteiger partial charge on any atom is -0.465 e. The van der Waals surface area contributed by atoms with Gasteiger partial charge in [-0.25, -0.2) is 4.79 Å². The first-order valence-electron chi connectivity index (χ1n) is 7.04. The molecule has 0 amide bonds. The summed E-state index contributed by atoms with van der Waals surface area (Å²) in [5.74, 6) is -2.26. The van der Waals surface area contributed by atoms with Crippen LogP contribution in [-0.2, 0) is 20.8 Å². The second-order valence-electron chi connectivity index (χ2n) is 4.67. The molecule has 0 aromatic carbocycles. The molecule has 0 bridgehead atoms. The average Bonchev–Trinajstić information content (AvgIpc) is 2.81. The smallest absolute Gasteiger partial charge is 0.358 e. The highest BCUT2D eigenvalue weighted by Gasteiger charge is 2.34. The van der Waals surface area contributed by atoms with Crippen molar-refractivity contribution in [3.63, 3.8) is 0 Å². The summed E-state index contributed by atoms with van der Waals surface area (Å²) in [6.45, 7) is 4.34. The van der Waals surface area contributed by atoms with Gasteiger partial charge in [0.15, 0.2) is 11.5 Å². The van der Waals surface area contributed by atoms with E-state index < -0.39 is 17.9 Å². The first-order chi connectivity index (χ1) is 10.1. The minimum absolute atomic E-state index is 0.0877. The molecule has 0 radical (unpaired) electrons. The number of carbonyl (C=O) groups excluding carboxylic acids is 3. The molecule has 0 fully saturated rings. The summed E-state index contributed by atoms with van der Waals surface area (Å²) in [5, 5.41) is 4.09. The molecule has 0 spiro atoms. The highest BCUT2D eigenvalue weighted by Crippen LogP contribution is 2.22. The molecule has 0 saturated carbocycles. The van der Waals surface area contributed by atoms with Crippen molar-refractivity contribution in [2.75, 3.05) is 13.2 Å². The van der Waals surface area contributed by atoms with Crippen molar-refractivity contribution in [2.24, 2.45) is 5.92 Å². The van der Waals surface area contributed by atoms with Crippen LogP contribution in [0.3, 0.4) is 0 Å². The van der Waals surface area contributed by atoms with E-state index in [0.29, 0.717) is 19.4 Å². The van der Waals surface area contributed by atoms with E-state index in [1.807, 2.05) is 0 Å². The van der Waals surface area contributed by atoms with E-state index in [0.717, 1.165) is 0 Å². The lowest BCUT2D eigenvalue weighted by atomic mass is 9.97. The van der Waals surface area contributed by atoms with Crippen molar-refractivity contribution in [3.05, 3.63) is 17.5 Å². The Morgan fingerprint density at radius 3 is 2.71 bits per heavy atom. The van der Waals surface area contributed by atoms with Gasteiger partial charge in [0.25, 0.3) is 0 Å². The number of fused-ring (bicyclic) bond motifs is 1. The number of hydrogen-bond acceptors (Lipinski definition) is 6. The number of aromatic nitrogens is 2. The van der Waals surface area contributed by atoms with Gasteiger partial charge in [-0.15, -0.1) is 0 Å². The molecule has 2 heterocycles. The Morgan fingerprint density at radius 1 is 1.33 bits per heavy atom. The van der Waals surface area contributed by atoms with E-state index in [1.54, 1.807) is 13.8 Å². The summed E-state index contributed by atoms with van der Waals surface area (Å²) < 4.78 is 11.3. The zero-order valence-corrected chi connectivity index (χ0v) is 12.1. The Hall–Kier alpha value is -2.18. The largest absolute Gasteiger partial charge is 0.465 e. The number of rotatable bonds is 4. The molecular formula is C14H18N2O5. The van der Waals surface area contributed by atoms with Gasteiger partial charge in [-0.3, -0.25) is 14.3 Å². The molecule has 1 aliphatic rings. The zero-order chi connectivity index (χ0) is 15.4. The van der Waals surface area contributed by atoms with Crippen LogP contribution in [0.2, 0.25) is 0 Å². The lowest BCUT2D eigenvalue weighted by molar-refractivity contribution is -0.146. The molecule has 21 heavy (non-hydrogen) atoms.